The Hall–Kier alpha value is -2.99. The minimum atomic E-state index is -0.211. The van der Waals surface area contributed by atoms with Crippen LogP contribution in [0.3, 0.4) is 0 Å². The Morgan fingerprint density at radius 3 is 2.34 bits per heavy atom. The van der Waals surface area contributed by atoms with Crippen molar-refractivity contribution in [1.82, 2.24) is 19.6 Å². The molecule has 0 unspecified atom stereocenters. The molecule has 1 amide bonds. The maximum absolute atomic E-state index is 13.1. The van der Waals surface area contributed by atoms with Gasteiger partial charge >= 0.3 is 0 Å². The Morgan fingerprint density at radius 1 is 0.897 bits per heavy atom. The van der Waals surface area contributed by atoms with E-state index in [2.05, 4.69) is 10.00 Å². The Labute approximate surface area is 170 Å². The summed E-state index contributed by atoms with van der Waals surface area (Å²) in [6, 6.07) is 16.3. The predicted octanol–water partition coefficient (Wildman–Crippen LogP) is 3.42. The van der Waals surface area contributed by atoms with Crippen LogP contribution in [0.25, 0.3) is 0 Å². The van der Waals surface area contributed by atoms with Gasteiger partial charge in [-0.1, -0.05) is 24.3 Å². The molecule has 0 spiro atoms. The summed E-state index contributed by atoms with van der Waals surface area (Å²) >= 11 is 0. The number of hydrogen-bond donors (Lipinski definition) is 0. The molecule has 150 valence electrons. The number of benzene rings is 2. The fourth-order valence-electron chi connectivity index (χ4n) is 3.70. The summed E-state index contributed by atoms with van der Waals surface area (Å²) in [7, 11) is 0. The van der Waals surface area contributed by atoms with Crippen molar-refractivity contribution < 1.29 is 9.18 Å². The van der Waals surface area contributed by atoms with E-state index in [1.807, 2.05) is 58.2 Å². The standard InChI is InChI=1S/C23H25FN4O/c24-22-9-5-19(6-10-22)17-26-12-2-13-27(16-15-26)23(29)21-7-3-20(4-8-21)18-28-14-1-11-25-28/h1,3-11,14H,2,12-13,15-18H2. The Kier molecular flexibility index (Phi) is 6.00. The van der Waals surface area contributed by atoms with Crippen LogP contribution in [0.15, 0.2) is 67.0 Å². The number of carbonyl (C=O) groups excluding carboxylic acids is 1. The molecule has 0 aliphatic carbocycles. The highest BCUT2D eigenvalue weighted by Gasteiger charge is 2.20. The van der Waals surface area contributed by atoms with E-state index in [4.69, 9.17) is 0 Å². The summed E-state index contributed by atoms with van der Waals surface area (Å²) in [5.41, 5.74) is 2.94. The van der Waals surface area contributed by atoms with Gasteiger partial charge < -0.3 is 4.90 Å². The third kappa shape index (κ3) is 5.09. The molecule has 1 aliphatic heterocycles. The number of aromatic nitrogens is 2. The Morgan fingerprint density at radius 2 is 1.62 bits per heavy atom. The number of carbonyl (C=O) groups is 1. The van der Waals surface area contributed by atoms with Crippen LogP contribution in [0.5, 0.6) is 0 Å². The predicted molar refractivity (Wildman–Crippen MR) is 110 cm³/mol. The van der Waals surface area contributed by atoms with E-state index in [1.165, 1.54) is 12.1 Å². The summed E-state index contributed by atoms with van der Waals surface area (Å²) in [6.45, 7) is 4.70. The highest BCUT2D eigenvalue weighted by Crippen LogP contribution is 2.14. The molecule has 2 heterocycles. The van der Waals surface area contributed by atoms with E-state index < -0.39 is 0 Å². The molecule has 0 radical (unpaired) electrons. The number of amides is 1. The molecule has 0 bridgehead atoms. The highest BCUT2D eigenvalue weighted by atomic mass is 19.1. The van der Waals surface area contributed by atoms with Gasteiger partial charge in [0.25, 0.3) is 5.91 Å². The molecule has 5 nitrogen and oxygen atoms in total. The average Bonchev–Trinajstić information content (AvgIpc) is 3.14. The summed E-state index contributed by atoms with van der Waals surface area (Å²) < 4.78 is 15.0. The second-order valence-corrected chi connectivity index (χ2v) is 7.45. The summed E-state index contributed by atoms with van der Waals surface area (Å²) in [6.07, 6.45) is 4.62. The maximum atomic E-state index is 13.1. The van der Waals surface area contributed by atoms with Gasteiger partial charge in [0.1, 0.15) is 5.82 Å². The van der Waals surface area contributed by atoms with Crippen LogP contribution in [-0.4, -0.2) is 51.7 Å². The van der Waals surface area contributed by atoms with Gasteiger partial charge in [-0.2, -0.15) is 5.10 Å². The molecule has 1 aromatic heterocycles. The maximum Gasteiger partial charge on any atom is 0.253 e. The minimum absolute atomic E-state index is 0.0827. The second-order valence-electron chi connectivity index (χ2n) is 7.45. The molecule has 1 saturated heterocycles. The van der Waals surface area contributed by atoms with Crippen LogP contribution in [0, 0.1) is 5.82 Å². The van der Waals surface area contributed by atoms with Crippen LogP contribution in [0.1, 0.15) is 27.9 Å². The number of hydrogen-bond acceptors (Lipinski definition) is 3. The quantitative estimate of drug-likeness (QED) is 0.668. The minimum Gasteiger partial charge on any atom is -0.337 e. The number of rotatable bonds is 5. The van der Waals surface area contributed by atoms with Gasteiger partial charge in [-0.05, 0) is 47.9 Å². The van der Waals surface area contributed by atoms with E-state index in [9.17, 15) is 9.18 Å². The van der Waals surface area contributed by atoms with Crippen LogP contribution in [0.2, 0.25) is 0 Å². The first-order valence-electron chi connectivity index (χ1n) is 10.00. The van der Waals surface area contributed by atoms with E-state index in [-0.39, 0.29) is 11.7 Å². The molecule has 1 fully saturated rings. The normalized spacial score (nSPS) is 15.3. The lowest BCUT2D eigenvalue weighted by Crippen LogP contribution is -2.35. The van der Waals surface area contributed by atoms with Crippen LogP contribution >= 0.6 is 0 Å². The van der Waals surface area contributed by atoms with Gasteiger partial charge in [-0.15, -0.1) is 0 Å². The molecule has 29 heavy (non-hydrogen) atoms. The van der Waals surface area contributed by atoms with Crippen LogP contribution in [-0.2, 0) is 13.1 Å². The van der Waals surface area contributed by atoms with Crippen LogP contribution < -0.4 is 0 Å². The largest absolute Gasteiger partial charge is 0.337 e. The van der Waals surface area contributed by atoms with Gasteiger partial charge in [0.2, 0.25) is 0 Å². The number of nitrogens with zero attached hydrogens (tertiary/aromatic N) is 4. The van der Waals surface area contributed by atoms with E-state index in [1.54, 1.807) is 6.20 Å². The lowest BCUT2D eigenvalue weighted by molar-refractivity contribution is 0.0761. The fraction of sp³-hybridized carbons (Fsp3) is 0.304. The van der Waals surface area contributed by atoms with E-state index in [0.717, 1.165) is 49.3 Å². The van der Waals surface area contributed by atoms with Gasteiger partial charge in [-0.25, -0.2) is 4.39 Å². The summed E-state index contributed by atoms with van der Waals surface area (Å²) in [4.78, 5) is 17.2. The highest BCUT2D eigenvalue weighted by molar-refractivity contribution is 5.94. The SMILES string of the molecule is O=C(c1ccc(Cn2cccn2)cc1)N1CCCN(Cc2ccc(F)cc2)CC1. The van der Waals surface area contributed by atoms with Gasteiger partial charge in [0, 0.05) is 50.7 Å². The van der Waals surface area contributed by atoms with Crippen molar-refractivity contribution in [3.8, 4) is 0 Å². The summed E-state index contributed by atoms with van der Waals surface area (Å²) in [5, 5.41) is 4.21. The average molecular weight is 392 g/mol. The lowest BCUT2D eigenvalue weighted by Gasteiger charge is -2.22. The monoisotopic (exact) mass is 392 g/mol. The van der Waals surface area contributed by atoms with E-state index >= 15 is 0 Å². The Bertz CT molecular complexity index is 923. The first-order valence-corrected chi connectivity index (χ1v) is 10.00. The third-order valence-corrected chi connectivity index (χ3v) is 5.30. The first-order chi connectivity index (χ1) is 14.2. The smallest absolute Gasteiger partial charge is 0.253 e. The van der Waals surface area contributed by atoms with Crippen molar-refractivity contribution in [2.24, 2.45) is 0 Å². The van der Waals surface area contributed by atoms with Crippen molar-refractivity contribution in [3.05, 3.63) is 89.5 Å². The van der Waals surface area contributed by atoms with Gasteiger partial charge in [-0.3, -0.25) is 14.4 Å². The summed E-state index contributed by atoms with van der Waals surface area (Å²) in [5.74, 6) is -0.128. The molecular weight excluding hydrogens is 367 g/mol. The van der Waals surface area contributed by atoms with Crippen molar-refractivity contribution in [2.45, 2.75) is 19.5 Å². The number of halogens is 1. The van der Waals surface area contributed by atoms with Crippen molar-refractivity contribution in [1.29, 1.82) is 0 Å². The first kappa shape index (κ1) is 19.3. The van der Waals surface area contributed by atoms with Crippen molar-refractivity contribution >= 4 is 5.91 Å². The fourth-order valence-corrected chi connectivity index (χ4v) is 3.70. The van der Waals surface area contributed by atoms with Gasteiger partial charge in [0.15, 0.2) is 0 Å². The Balaban J connectivity index is 1.33. The molecule has 0 N–H and O–H groups in total. The lowest BCUT2D eigenvalue weighted by atomic mass is 10.1. The third-order valence-electron chi connectivity index (χ3n) is 5.30. The second kappa shape index (κ2) is 9.01. The molecule has 0 saturated carbocycles. The molecule has 3 aromatic rings. The van der Waals surface area contributed by atoms with Crippen molar-refractivity contribution in [2.75, 3.05) is 26.2 Å². The molecule has 6 heteroatoms. The zero-order valence-electron chi connectivity index (χ0n) is 16.4. The van der Waals surface area contributed by atoms with E-state index in [0.29, 0.717) is 13.1 Å². The molecule has 4 rings (SSSR count). The molecule has 1 aliphatic rings. The topological polar surface area (TPSA) is 41.4 Å². The molecule has 2 aromatic carbocycles. The van der Waals surface area contributed by atoms with Crippen LogP contribution in [0.4, 0.5) is 4.39 Å². The van der Waals surface area contributed by atoms with Gasteiger partial charge in [0.05, 0.1) is 6.54 Å². The molecule has 0 atom stereocenters. The zero-order chi connectivity index (χ0) is 20.1. The zero-order valence-corrected chi connectivity index (χ0v) is 16.4. The molecular formula is C23H25FN4O. The van der Waals surface area contributed by atoms with Crippen molar-refractivity contribution in [3.63, 3.8) is 0 Å².